The van der Waals surface area contributed by atoms with E-state index in [4.69, 9.17) is 12.2 Å². The number of amides is 1. The molecule has 1 aliphatic heterocycles. The average molecular weight is 235 g/mol. The van der Waals surface area contributed by atoms with E-state index in [-0.39, 0.29) is 5.91 Å². The molecule has 0 unspecified atom stereocenters. The van der Waals surface area contributed by atoms with Crippen LogP contribution in [0, 0.1) is 6.92 Å². The number of aryl methyl sites for hydroxylation is 1. The number of rotatable bonds is 1. The number of thioether (sulfide) groups is 1. The van der Waals surface area contributed by atoms with E-state index in [0.717, 1.165) is 5.56 Å². The molecule has 15 heavy (non-hydrogen) atoms. The molecular formula is C11H9NOS2. The van der Waals surface area contributed by atoms with Gasteiger partial charge in [0.2, 0.25) is 0 Å². The van der Waals surface area contributed by atoms with E-state index < -0.39 is 0 Å². The van der Waals surface area contributed by atoms with E-state index in [1.54, 1.807) is 0 Å². The lowest BCUT2D eigenvalue weighted by atomic mass is 10.1. The molecule has 1 saturated heterocycles. The highest BCUT2D eigenvalue weighted by Crippen LogP contribution is 2.25. The van der Waals surface area contributed by atoms with Gasteiger partial charge in [-0.25, -0.2) is 0 Å². The first-order valence-electron chi connectivity index (χ1n) is 4.47. The molecule has 0 atom stereocenters. The molecule has 2 rings (SSSR count). The highest BCUT2D eigenvalue weighted by Gasteiger charge is 2.21. The number of carbonyl (C=O) groups excluding carboxylic acids is 1. The molecule has 1 aromatic carbocycles. The minimum absolute atomic E-state index is 0.105. The van der Waals surface area contributed by atoms with Crippen molar-refractivity contribution in [3.63, 3.8) is 0 Å². The standard InChI is InChI=1S/C11H9NOS2/c1-7-3-2-4-8(5-7)6-9-10(13)12-11(14)15-9/h2-6H,1H3,(H,12,13,14)/b9-6+. The second-order valence-corrected chi connectivity index (χ2v) is 4.99. The van der Waals surface area contributed by atoms with Crippen LogP contribution in [0.4, 0.5) is 0 Å². The second-order valence-electron chi connectivity index (χ2n) is 3.27. The third-order valence-corrected chi connectivity index (χ3v) is 3.14. The lowest BCUT2D eigenvalue weighted by Gasteiger charge is -1.96. The summed E-state index contributed by atoms with van der Waals surface area (Å²) in [5.41, 5.74) is 2.20. The van der Waals surface area contributed by atoms with Crippen LogP contribution in [0.1, 0.15) is 11.1 Å². The van der Waals surface area contributed by atoms with Gasteiger partial charge in [-0.2, -0.15) is 0 Å². The Morgan fingerprint density at radius 2 is 2.27 bits per heavy atom. The maximum atomic E-state index is 11.4. The lowest BCUT2D eigenvalue weighted by Crippen LogP contribution is -2.17. The predicted octanol–water partition coefficient (Wildman–Crippen LogP) is 2.48. The van der Waals surface area contributed by atoms with Crippen LogP contribution >= 0.6 is 24.0 Å². The zero-order valence-electron chi connectivity index (χ0n) is 8.11. The Morgan fingerprint density at radius 1 is 1.47 bits per heavy atom. The van der Waals surface area contributed by atoms with Crippen LogP contribution < -0.4 is 5.32 Å². The molecule has 0 aliphatic carbocycles. The third-order valence-electron chi connectivity index (χ3n) is 1.98. The molecule has 4 heteroatoms. The topological polar surface area (TPSA) is 29.1 Å². The van der Waals surface area contributed by atoms with Crippen molar-refractivity contribution in [2.45, 2.75) is 6.92 Å². The monoisotopic (exact) mass is 235 g/mol. The Bertz CT molecular complexity index is 465. The molecule has 0 saturated carbocycles. The number of carbonyl (C=O) groups is 1. The Hall–Kier alpha value is -1.13. The largest absolute Gasteiger partial charge is 0.307 e. The van der Waals surface area contributed by atoms with Gasteiger partial charge in [0, 0.05) is 0 Å². The Morgan fingerprint density at radius 3 is 2.87 bits per heavy atom. The average Bonchev–Trinajstić information content (AvgIpc) is 2.45. The van der Waals surface area contributed by atoms with Gasteiger partial charge in [0.1, 0.15) is 4.32 Å². The number of hydrogen-bond acceptors (Lipinski definition) is 3. The summed E-state index contributed by atoms with van der Waals surface area (Å²) in [4.78, 5) is 12.0. The zero-order chi connectivity index (χ0) is 10.8. The Labute approximate surface area is 97.8 Å². The van der Waals surface area contributed by atoms with Crippen molar-refractivity contribution < 1.29 is 4.79 Å². The lowest BCUT2D eigenvalue weighted by molar-refractivity contribution is -0.115. The molecule has 1 aromatic rings. The van der Waals surface area contributed by atoms with Gasteiger partial charge < -0.3 is 5.32 Å². The zero-order valence-corrected chi connectivity index (χ0v) is 9.74. The highest BCUT2D eigenvalue weighted by molar-refractivity contribution is 8.26. The number of nitrogens with one attached hydrogen (secondary N) is 1. The van der Waals surface area contributed by atoms with E-state index in [1.807, 2.05) is 37.3 Å². The van der Waals surface area contributed by atoms with Crippen molar-refractivity contribution in [1.82, 2.24) is 5.32 Å². The van der Waals surface area contributed by atoms with Gasteiger partial charge >= 0.3 is 0 Å². The molecule has 1 heterocycles. The summed E-state index contributed by atoms with van der Waals surface area (Å²) in [5, 5.41) is 2.59. The van der Waals surface area contributed by atoms with Gasteiger partial charge in [-0.15, -0.1) is 0 Å². The molecule has 1 N–H and O–H groups in total. The van der Waals surface area contributed by atoms with Crippen LogP contribution in [0.3, 0.4) is 0 Å². The maximum absolute atomic E-state index is 11.4. The van der Waals surface area contributed by atoms with Crippen molar-refractivity contribution in [2.75, 3.05) is 0 Å². The van der Waals surface area contributed by atoms with Gasteiger partial charge in [0.15, 0.2) is 0 Å². The second kappa shape index (κ2) is 4.16. The summed E-state index contributed by atoms with van der Waals surface area (Å²) in [6.07, 6.45) is 1.85. The number of hydrogen-bond donors (Lipinski definition) is 1. The van der Waals surface area contributed by atoms with Crippen LogP contribution in [-0.2, 0) is 4.79 Å². The number of thiocarbonyl (C=S) groups is 1. The van der Waals surface area contributed by atoms with Gasteiger partial charge in [-0.3, -0.25) is 4.79 Å². The van der Waals surface area contributed by atoms with Crippen molar-refractivity contribution in [3.05, 3.63) is 40.3 Å². The fourth-order valence-electron chi connectivity index (χ4n) is 1.33. The van der Waals surface area contributed by atoms with Crippen LogP contribution in [0.25, 0.3) is 6.08 Å². The molecule has 0 radical (unpaired) electrons. The smallest absolute Gasteiger partial charge is 0.263 e. The molecule has 0 bridgehead atoms. The molecule has 76 valence electrons. The quantitative estimate of drug-likeness (QED) is 0.599. The van der Waals surface area contributed by atoms with Crippen molar-refractivity contribution >= 4 is 40.3 Å². The van der Waals surface area contributed by atoms with Gasteiger partial charge in [-0.05, 0) is 18.6 Å². The summed E-state index contributed by atoms with van der Waals surface area (Å²) in [6, 6.07) is 7.99. The fourth-order valence-corrected chi connectivity index (χ4v) is 2.38. The van der Waals surface area contributed by atoms with Gasteiger partial charge in [0.05, 0.1) is 4.91 Å². The van der Waals surface area contributed by atoms with Crippen molar-refractivity contribution in [3.8, 4) is 0 Å². The van der Waals surface area contributed by atoms with Crippen LogP contribution in [-0.4, -0.2) is 10.2 Å². The summed E-state index contributed by atoms with van der Waals surface area (Å²) in [6.45, 7) is 2.02. The van der Waals surface area contributed by atoms with E-state index in [9.17, 15) is 4.79 Å². The minimum Gasteiger partial charge on any atom is -0.307 e. The molecule has 2 nitrogen and oxygen atoms in total. The predicted molar refractivity (Wildman–Crippen MR) is 67.5 cm³/mol. The van der Waals surface area contributed by atoms with E-state index in [2.05, 4.69) is 5.32 Å². The van der Waals surface area contributed by atoms with Crippen LogP contribution in [0.15, 0.2) is 29.2 Å². The third kappa shape index (κ3) is 2.46. The Kier molecular flexibility index (Phi) is 2.88. The van der Waals surface area contributed by atoms with Gasteiger partial charge in [-0.1, -0.05) is 53.8 Å². The van der Waals surface area contributed by atoms with Crippen molar-refractivity contribution in [1.29, 1.82) is 0 Å². The molecule has 0 spiro atoms. The SMILES string of the molecule is Cc1cccc(/C=C2/SC(=S)NC2=O)c1. The molecule has 0 aromatic heterocycles. The highest BCUT2D eigenvalue weighted by atomic mass is 32.2. The fraction of sp³-hybridized carbons (Fsp3) is 0.0909. The van der Waals surface area contributed by atoms with Crippen LogP contribution in [0.5, 0.6) is 0 Å². The summed E-state index contributed by atoms with van der Waals surface area (Å²) < 4.78 is 0.527. The summed E-state index contributed by atoms with van der Waals surface area (Å²) in [7, 11) is 0. The van der Waals surface area contributed by atoms with Gasteiger partial charge in [0.25, 0.3) is 5.91 Å². The Balaban J connectivity index is 2.31. The minimum atomic E-state index is -0.105. The molecule has 1 amide bonds. The molecule has 1 aliphatic rings. The van der Waals surface area contributed by atoms with E-state index >= 15 is 0 Å². The number of benzene rings is 1. The van der Waals surface area contributed by atoms with E-state index in [0.29, 0.717) is 9.23 Å². The van der Waals surface area contributed by atoms with Crippen molar-refractivity contribution in [2.24, 2.45) is 0 Å². The first-order valence-corrected chi connectivity index (χ1v) is 5.69. The normalized spacial score (nSPS) is 18.3. The van der Waals surface area contributed by atoms with E-state index in [1.165, 1.54) is 17.3 Å². The molecule has 1 fully saturated rings. The van der Waals surface area contributed by atoms with Crippen LogP contribution in [0.2, 0.25) is 0 Å². The maximum Gasteiger partial charge on any atom is 0.263 e. The first kappa shape index (κ1) is 10.4. The summed E-state index contributed by atoms with van der Waals surface area (Å²) >= 11 is 6.21. The molecular weight excluding hydrogens is 226 g/mol. The summed E-state index contributed by atoms with van der Waals surface area (Å²) in [5.74, 6) is -0.105. The first-order chi connectivity index (χ1) is 7.15.